The Balaban J connectivity index is 2.13. The van der Waals surface area contributed by atoms with Crippen molar-refractivity contribution in [1.82, 2.24) is 9.36 Å². The zero-order chi connectivity index (χ0) is 13.0. The molecular formula is C12H15N3OS2. The largest absolute Gasteiger partial charge is 0.491 e. The fourth-order valence-corrected chi connectivity index (χ4v) is 2.99. The lowest BCUT2D eigenvalue weighted by Gasteiger charge is -2.08. The Kier molecular flexibility index (Phi) is 4.43. The predicted octanol–water partition coefficient (Wildman–Crippen LogP) is 3.37. The Morgan fingerprint density at radius 1 is 1.44 bits per heavy atom. The summed E-state index contributed by atoms with van der Waals surface area (Å²) in [5, 5.41) is 0. The molecule has 0 amide bonds. The van der Waals surface area contributed by atoms with Crippen LogP contribution in [0.15, 0.2) is 27.4 Å². The van der Waals surface area contributed by atoms with Gasteiger partial charge >= 0.3 is 0 Å². The van der Waals surface area contributed by atoms with Gasteiger partial charge in [-0.15, -0.1) is 0 Å². The number of hydrogen-bond donors (Lipinski definition) is 1. The van der Waals surface area contributed by atoms with E-state index in [1.165, 1.54) is 11.5 Å². The van der Waals surface area contributed by atoms with E-state index >= 15 is 0 Å². The summed E-state index contributed by atoms with van der Waals surface area (Å²) in [5.41, 5.74) is 6.54. The third kappa shape index (κ3) is 3.36. The molecule has 0 atom stereocenters. The second kappa shape index (κ2) is 6.06. The van der Waals surface area contributed by atoms with Gasteiger partial charge in [0.1, 0.15) is 11.6 Å². The van der Waals surface area contributed by atoms with Gasteiger partial charge in [-0.05, 0) is 43.1 Å². The minimum Gasteiger partial charge on any atom is -0.491 e. The predicted molar refractivity (Wildman–Crippen MR) is 75.4 cm³/mol. The van der Waals surface area contributed by atoms with Crippen LogP contribution in [0.2, 0.25) is 0 Å². The Bertz CT molecular complexity index is 528. The highest BCUT2D eigenvalue weighted by atomic mass is 32.2. The van der Waals surface area contributed by atoms with Crippen molar-refractivity contribution in [2.24, 2.45) is 0 Å². The van der Waals surface area contributed by atoms with Crippen molar-refractivity contribution in [2.75, 3.05) is 12.3 Å². The second-order valence-electron chi connectivity index (χ2n) is 3.76. The SMILES string of the molecule is CCCOc1cc(Sc2nc(C)ns2)ccc1N. The molecule has 0 aliphatic carbocycles. The van der Waals surface area contributed by atoms with Crippen LogP contribution >= 0.6 is 23.3 Å². The number of ether oxygens (including phenoxy) is 1. The summed E-state index contributed by atoms with van der Waals surface area (Å²) in [6, 6.07) is 5.78. The first kappa shape index (κ1) is 13.2. The van der Waals surface area contributed by atoms with Crippen LogP contribution < -0.4 is 10.5 Å². The summed E-state index contributed by atoms with van der Waals surface area (Å²) in [6.45, 7) is 4.63. The molecular weight excluding hydrogens is 266 g/mol. The number of aromatic nitrogens is 2. The zero-order valence-corrected chi connectivity index (χ0v) is 12.0. The van der Waals surface area contributed by atoms with E-state index in [2.05, 4.69) is 16.3 Å². The lowest BCUT2D eigenvalue weighted by molar-refractivity contribution is 0.318. The van der Waals surface area contributed by atoms with Gasteiger partial charge in [0.05, 0.1) is 12.3 Å². The number of anilines is 1. The van der Waals surface area contributed by atoms with Crippen LogP contribution in [0.1, 0.15) is 19.2 Å². The van der Waals surface area contributed by atoms with Gasteiger partial charge < -0.3 is 10.5 Å². The molecule has 0 bridgehead atoms. The molecule has 96 valence electrons. The number of nitrogens with two attached hydrogens (primary N) is 1. The summed E-state index contributed by atoms with van der Waals surface area (Å²) in [6.07, 6.45) is 0.965. The van der Waals surface area contributed by atoms with Crippen LogP contribution in [-0.4, -0.2) is 16.0 Å². The van der Waals surface area contributed by atoms with Crippen LogP contribution in [0.3, 0.4) is 0 Å². The molecule has 0 radical (unpaired) electrons. The highest BCUT2D eigenvalue weighted by Gasteiger charge is 2.06. The topological polar surface area (TPSA) is 61.0 Å². The molecule has 0 aliphatic rings. The number of nitrogen functional groups attached to an aromatic ring is 1. The lowest BCUT2D eigenvalue weighted by atomic mass is 10.3. The van der Waals surface area contributed by atoms with Crippen LogP contribution in [-0.2, 0) is 0 Å². The quantitative estimate of drug-likeness (QED) is 0.851. The fraction of sp³-hybridized carbons (Fsp3) is 0.333. The van der Waals surface area contributed by atoms with E-state index in [1.807, 2.05) is 25.1 Å². The van der Waals surface area contributed by atoms with E-state index in [0.717, 1.165) is 27.2 Å². The van der Waals surface area contributed by atoms with Crippen molar-refractivity contribution < 1.29 is 4.74 Å². The first-order valence-electron chi connectivity index (χ1n) is 5.69. The Morgan fingerprint density at radius 3 is 2.94 bits per heavy atom. The van der Waals surface area contributed by atoms with Crippen molar-refractivity contribution >= 4 is 29.0 Å². The smallest absolute Gasteiger partial charge is 0.174 e. The molecule has 1 heterocycles. The first-order chi connectivity index (χ1) is 8.69. The molecule has 0 aliphatic heterocycles. The number of hydrogen-bond acceptors (Lipinski definition) is 6. The van der Waals surface area contributed by atoms with E-state index in [0.29, 0.717) is 12.3 Å². The van der Waals surface area contributed by atoms with Crippen molar-refractivity contribution in [2.45, 2.75) is 29.5 Å². The summed E-state index contributed by atoms with van der Waals surface area (Å²) < 4.78 is 10.7. The zero-order valence-electron chi connectivity index (χ0n) is 10.3. The van der Waals surface area contributed by atoms with Crippen molar-refractivity contribution in [3.8, 4) is 5.75 Å². The number of rotatable bonds is 5. The van der Waals surface area contributed by atoms with Crippen LogP contribution in [0.5, 0.6) is 5.75 Å². The Labute approximate surface area is 115 Å². The molecule has 4 nitrogen and oxygen atoms in total. The van der Waals surface area contributed by atoms with Gasteiger partial charge in [0.2, 0.25) is 0 Å². The highest BCUT2D eigenvalue weighted by Crippen LogP contribution is 2.33. The van der Waals surface area contributed by atoms with Crippen molar-refractivity contribution in [1.29, 1.82) is 0 Å². The molecule has 0 saturated carbocycles. The van der Waals surface area contributed by atoms with Crippen molar-refractivity contribution in [3.05, 3.63) is 24.0 Å². The van der Waals surface area contributed by atoms with E-state index in [4.69, 9.17) is 10.5 Å². The monoisotopic (exact) mass is 281 g/mol. The molecule has 0 unspecified atom stereocenters. The maximum atomic E-state index is 5.87. The molecule has 1 aromatic carbocycles. The van der Waals surface area contributed by atoms with Gasteiger partial charge in [-0.2, -0.15) is 4.37 Å². The normalized spacial score (nSPS) is 10.6. The average molecular weight is 281 g/mol. The number of aryl methyl sites for hydroxylation is 1. The van der Waals surface area contributed by atoms with Crippen LogP contribution in [0, 0.1) is 6.92 Å². The molecule has 0 spiro atoms. The van der Waals surface area contributed by atoms with Crippen LogP contribution in [0.25, 0.3) is 0 Å². The summed E-state index contributed by atoms with van der Waals surface area (Å²) in [5.74, 6) is 1.54. The molecule has 2 N–H and O–H groups in total. The molecule has 6 heteroatoms. The molecule has 2 rings (SSSR count). The highest BCUT2D eigenvalue weighted by molar-refractivity contribution is 8.01. The first-order valence-corrected chi connectivity index (χ1v) is 7.28. The second-order valence-corrected chi connectivity index (χ2v) is 5.83. The van der Waals surface area contributed by atoms with E-state index in [9.17, 15) is 0 Å². The van der Waals surface area contributed by atoms with Crippen LogP contribution in [0.4, 0.5) is 5.69 Å². The maximum absolute atomic E-state index is 5.87. The minimum absolute atomic E-state index is 0.668. The summed E-state index contributed by atoms with van der Waals surface area (Å²) in [7, 11) is 0. The number of nitrogens with zero attached hydrogens (tertiary/aromatic N) is 2. The van der Waals surface area contributed by atoms with Gasteiger partial charge in [0, 0.05) is 4.90 Å². The molecule has 0 fully saturated rings. The Morgan fingerprint density at radius 2 is 2.28 bits per heavy atom. The summed E-state index contributed by atoms with van der Waals surface area (Å²) >= 11 is 2.98. The van der Waals surface area contributed by atoms with E-state index in [1.54, 1.807) is 11.8 Å². The standard InChI is InChI=1S/C12H15N3OS2/c1-3-6-16-11-7-9(4-5-10(11)13)17-12-14-8(2)15-18-12/h4-5,7H,3,6,13H2,1-2H3. The third-order valence-corrected chi connectivity index (χ3v) is 3.99. The molecule has 0 saturated heterocycles. The number of benzene rings is 1. The van der Waals surface area contributed by atoms with Gasteiger partial charge in [0.15, 0.2) is 4.34 Å². The third-order valence-electron chi connectivity index (χ3n) is 2.16. The summed E-state index contributed by atoms with van der Waals surface area (Å²) in [4.78, 5) is 5.38. The van der Waals surface area contributed by atoms with E-state index < -0.39 is 0 Å². The van der Waals surface area contributed by atoms with Gasteiger partial charge in [-0.3, -0.25) is 0 Å². The van der Waals surface area contributed by atoms with Crippen molar-refractivity contribution in [3.63, 3.8) is 0 Å². The minimum atomic E-state index is 0.668. The molecule has 1 aromatic heterocycles. The fourth-order valence-electron chi connectivity index (χ4n) is 1.34. The Hall–Kier alpha value is -1.27. The average Bonchev–Trinajstić information content (AvgIpc) is 2.75. The molecule has 2 aromatic rings. The van der Waals surface area contributed by atoms with Gasteiger partial charge in [0.25, 0.3) is 0 Å². The van der Waals surface area contributed by atoms with Gasteiger partial charge in [-0.25, -0.2) is 4.98 Å². The van der Waals surface area contributed by atoms with Gasteiger partial charge in [-0.1, -0.05) is 18.7 Å². The lowest BCUT2D eigenvalue weighted by Crippen LogP contribution is -1.98. The molecule has 18 heavy (non-hydrogen) atoms. The maximum Gasteiger partial charge on any atom is 0.174 e. The van der Waals surface area contributed by atoms with E-state index in [-0.39, 0.29) is 0 Å².